The topological polar surface area (TPSA) is 40.1 Å². The van der Waals surface area contributed by atoms with Crippen molar-refractivity contribution in [2.75, 3.05) is 20.6 Å². The third-order valence-corrected chi connectivity index (χ3v) is 4.48. The number of carbonyl (C=O) groups excluding carboxylic acids is 1. The second-order valence-electron chi connectivity index (χ2n) is 6.68. The Morgan fingerprint density at radius 1 is 0.900 bits per heavy atom. The van der Waals surface area contributed by atoms with Crippen LogP contribution in [-0.2, 0) is 4.79 Å². The maximum atomic E-state index is 10.9. The molecular formula is C17H35NO2. The Morgan fingerprint density at radius 2 is 1.30 bits per heavy atom. The maximum absolute atomic E-state index is 10.9. The van der Waals surface area contributed by atoms with Gasteiger partial charge in [0.25, 0.3) is 0 Å². The molecule has 1 atom stereocenters. The number of likely N-dealkylation sites (N-methyl/N-ethyl adjacent to an activating group) is 1. The van der Waals surface area contributed by atoms with Gasteiger partial charge in [-0.2, -0.15) is 0 Å². The molecule has 0 radical (unpaired) electrons. The number of carbonyl (C=O) groups is 1. The first-order valence-electron chi connectivity index (χ1n) is 8.45. The number of carboxylic acid groups (broad SMARTS) is 1. The Hall–Kier alpha value is -0.570. The van der Waals surface area contributed by atoms with Gasteiger partial charge >= 0.3 is 0 Å². The van der Waals surface area contributed by atoms with Crippen LogP contribution in [0, 0.1) is 0 Å². The zero-order chi connectivity index (χ0) is 15.4. The van der Waals surface area contributed by atoms with E-state index >= 15 is 0 Å². The number of hydrogen-bond acceptors (Lipinski definition) is 2. The van der Waals surface area contributed by atoms with E-state index in [1.807, 2.05) is 14.1 Å². The van der Waals surface area contributed by atoms with E-state index in [1.165, 1.54) is 57.8 Å². The van der Waals surface area contributed by atoms with Crippen LogP contribution < -0.4 is 5.11 Å². The molecule has 120 valence electrons. The SMILES string of the molecule is CCCCCCCCCCCC[N+](C)(C)C(C)C(=O)[O-]. The van der Waals surface area contributed by atoms with Crippen molar-refractivity contribution in [1.29, 1.82) is 0 Å². The number of carboxylic acids is 1. The molecule has 20 heavy (non-hydrogen) atoms. The minimum atomic E-state index is -0.943. The number of unbranched alkanes of at least 4 members (excludes halogenated alkanes) is 9. The van der Waals surface area contributed by atoms with E-state index in [0.29, 0.717) is 4.48 Å². The summed E-state index contributed by atoms with van der Waals surface area (Å²) in [6.45, 7) is 4.92. The fraction of sp³-hybridized carbons (Fsp3) is 0.941. The van der Waals surface area contributed by atoms with E-state index in [2.05, 4.69) is 6.92 Å². The fourth-order valence-electron chi connectivity index (χ4n) is 2.49. The molecule has 0 saturated heterocycles. The molecule has 0 aromatic rings. The molecule has 0 aromatic carbocycles. The number of hydrogen-bond donors (Lipinski definition) is 0. The lowest BCUT2D eigenvalue weighted by Crippen LogP contribution is -2.56. The number of quaternary nitrogens is 1. The monoisotopic (exact) mass is 285 g/mol. The molecule has 0 N–H and O–H groups in total. The van der Waals surface area contributed by atoms with Gasteiger partial charge < -0.3 is 14.4 Å². The predicted molar refractivity (Wildman–Crippen MR) is 83.3 cm³/mol. The molecule has 0 saturated carbocycles. The van der Waals surface area contributed by atoms with Crippen molar-refractivity contribution in [3.8, 4) is 0 Å². The smallest absolute Gasteiger partial charge is 0.126 e. The number of aliphatic carboxylic acids is 1. The Morgan fingerprint density at radius 3 is 1.70 bits per heavy atom. The third-order valence-electron chi connectivity index (χ3n) is 4.48. The van der Waals surface area contributed by atoms with Gasteiger partial charge in [-0.25, -0.2) is 0 Å². The largest absolute Gasteiger partial charge is 0.544 e. The van der Waals surface area contributed by atoms with E-state index in [0.717, 1.165) is 13.0 Å². The van der Waals surface area contributed by atoms with Crippen LogP contribution in [0.2, 0.25) is 0 Å². The summed E-state index contributed by atoms with van der Waals surface area (Å²) in [7, 11) is 3.96. The van der Waals surface area contributed by atoms with Crippen LogP contribution >= 0.6 is 0 Å². The van der Waals surface area contributed by atoms with Gasteiger partial charge in [0.05, 0.1) is 26.6 Å². The summed E-state index contributed by atoms with van der Waals surface area (Å²) >= 11 is 0. The normalized spacial score (nSPS) is 13.4. The summed E-state index contributed by atoms with van der Waals surface area (Å²) in [4.78, 5) is 10.9. The first-order valence-corrected chi connectivity index (χ1v) is 8.45. The Bertz CT molecular complexity index is 251. The van der Waals surface area contributed by atoms with E-state index in [4.69, 9.17) is 0 Å². The molecule has 0 rings (SSSR count). The Labute approximate surface area is 126 Å². The second kappa shape index (κ2) is 11.1. The van der Waals surface area contributed by atoms with Gasteiger partial charge in [0.15, 0.2) is 0 Å². The summed E-state index contributed by atoms with van der Waals surface area (Å²) < 4.78 is 0.527. The number of rotatable bonds is 13. The van der Waals surface area contributed by atoms with Crippen molar-refractivity contribution in [1.82, 2.24) is 0 Å². The van der Waals surface area contributed by atoms with Gasteiger partial charge in [-0.15, -0.1) is 0 Å². The average Bonchev–Trinajstić information content (AvgIpc) is 2.39. The van der Waals surface area contributed by atoms with Gasteiger partial charge in [-0.1, -0.05) is 58.3 Å². The van der Waals surface area contributed by atoms with Gasteiger partial charge in [-0.3, -0.25) is 0 Å². The summed E-state index contributed by atoms with van der Waals surface area (Å²) in [5, 5.41) is 10.9. The van der Waals surface area contributed by atoms with Crippen LogP contribution in [0.25, 0.3) is 0 Å². The maximum Gasteiger partial charge on any atom is 0.126 e. The van der Waals surface area contributed by atoms with Crippen LogP contribution in [0.1, 0.15) is 78.1 Å². The van der Waals surface area contributed by atoms with E-state index in [1.54, 1.807) is 6.92 Å². The van der Waals surface area contributed by atoms with Crippen LogP contribution in [0.5, 0.6) is 0 Å². The predicted octanol–water partition coefficient (Wildman–Crippen LogP) is 3.12. The molecule has 0 spiro atoms. The molecule has 3 heteroatoms. The molecule has 0 aromatic heterocycles. The molecular weight excluding hydrogens is 250 g/mol. The van der Waals surface area contributed by atoms with Crippen LogP contribution in [0.4, 0.5) is 0 Å². The quantitative estimate of drug-likeness (QED) is 0.385. The highest BCUT2D eigenvalue weighted by molar-refractivity contribution is 5.69. The van der Waals surface area contributed by atoms with Gasteiger partial charge in [0.1, 0.15) is 6.04 Å². The fourth-order valence-corrected chi connectivity index (χ4v) is 2.49. The zero-order valence-corrected chi connectivity index (χ0v) is 14.1. The lowest BCUT2D eigenvalue weighted by Gasteiger charge is -2.36. The van der Waals surface area contributed by atoms with Gasteiger partial charge in [0.2, 0.25) is 0 Å². The molecule has 0 aliphatic heterocycles. The Balaban J connectivity index is 3.46. The third kappa shape index (κ3) is 9.35. The minimum absolute atomic E-state index is 0.423. The van der Waals surface area contributed by atoms with E-state index in [-0.39, 0.29) is 0 Å². The summed E-state index contributed by atoms with van der Waals surface area (Å²) in [5.74, 6) is -0.943. The Kier molecular flexibility index (Phi) is 10.8. The molecule has 0 heterocycles. The van der Waals surface area contributed by atoms with Gasteiger partial charge in [-0.05, 0) is 19.8 Å². The zero-order valence-electron chi connectivity index (χ0n) is 14.1. The second-order valence-corrected chi connectivity index (χ2v) is 6.68. The van der Waals surface area contributed by atoms with Crippen molar-refractivity contribution in [3.05, 3.63) is 0 Å². The minimum Gasteiger partial charge on any atom is -0.544 e. The first-order chi connectivity index (χ1) is 9.41. The molecule has 1 unspecified atom stereocenters. The van der Waals surface area contributed by atoms with Crippen LogP contribution in [-0.4, -0.2) is 37.1 Å². The molecule has 0 amide bonds. The average molecular weight is 285 g/mol. The summed E-state index contributed by atoms with van der Waals surface area (Å²) in [6, 6.07) is -0.423. The lowest BCUT2D eigenvalue weighted by molar-refractivity contribution is -0.906. The van der Waals surface area contributed by atoms with Crippen molar-refractivity contribution >= 4 is 5.97 Å². The van der Waals surface area contributed by atoms with Crippen molar-refractivity contribution in [3.63, 3.8) is 0 Å². The number of nitrogens with zero attached hydrogens (tertiary/aromatic N) is 1. The highest BCUT2D eigenvalue weighted by atomic mass is 16.4. The molecule has 0 aliphatic carbocycles. The lowest BCUT2D eigenvalue weighted by atomic mass is 10.1. The molecule has 3 nitrogen and oxygen atoms in total. The molecule has 0 bridgehead atoms. The van der Waals surface area contributed by atoms with Crippen LogP contribution in [0.3, 0.4) is 0 Å². The summed E-state index contributed by atoms with van der Waals surface area (Å²) in [6.07, 6.45) is 13.2. The van der Waals surface area contributed by atoms with Crippen molar-refractivity contribution in [2.24, 2.45) is 0 Å². The highest BCUT2D eigenvalue weighted by Crippen LogP contribution is 2.13. The first kappa shape index (κ1) is 19.4. The van der Waals surface area contributed by atoms with Crippen LogP contribution in [0.15, 0.2) is 0 Å². The summed E-state index contributed by atoms with van der Waals surface area (Å²) in [5.41, 5.74) is 0. The standard InChI is InChI=1S/C17H35NO2/c1-5-6-7-8-9-10-11-12-13-14-15-18(3,4)16(2)17(19)20/h16H,5-15H2,1-4H3. The van der Waals surface area contributed by atoms with E-state index < -0.39 is 12.0 Å². The van der Waals surface area contributed by atoms with E-state index in [9.17, 15) is 9.90 Å². The highest BCUT2D eigenvalue weighted by Gasteiger charge is 2.24. The molecule has 0 fully saturated rings. The van der Waals surface area contributed by atoms with Gasteiger partial charge in [0, 0.05) is 0 Å². The molecule has 0 aliphatic rings. The van der Waals surface area contributed by atoms with Crippen molar-refractivity contribution < 1.29 is 14.4 Å². The van der Waals surface area contributed by atoms with Crippen molar-refractivity contribution in [2.45, 2.75) is 84.1 Å².